The van der Waals surface area contributed by atoms with Crippen LogP contribution in [0.25, 0.3) is 10.9 Å². The number of carbonyl (C=O) groups is 1. The topological polar surface area (TPSA) is 93.8 Å². The molecule has 3 aromatic carbocycles. The Labute approximate surface area is 239 Å². The number of ether oxygens (including phenoxy) is 1. The van der Waals surface area contributed by atoms with E-state index in [2.05, 4.69) is 53.4 Å². The van der Waals surface area contributed by atoms with Gasteiger partial charge in [0.1, 0.15) is 6.10 Å². The predicted octanol–water partition coefficient (Wildman–Crippen LogP) is 4.69. The number of fused-ring (bicyclic) bond motifs is 1. The number of hydrogen-bond donors (Lipinski definition) is 1. The minimum absolute atomic E-state index is 0.0291. The van der Waals surface area contributed by atoms with E-state index >= 15 is 0 Å². The highest BCUT2D eigenvalue weighted by atomic mass is 16.5. The second-order valence-corrected chi connectivity index (χ2v) is 10.6. The number of hydrogen-bond acceptors (Lipinski definition) is 5. The number of carboxylic acids is 1. The van der Waals surface area contributed by atoms with Gasteiger partial charge in [0.15, 0.2) is 0 Å². The number of carboxylic acid groups (broad SMARTS) is 1. The lowest BCUT2D eigenvalue weighted by Gasteiger charge is -2.34. The average Bonchev–Trinajstić information content (AvgIpc) is 3.01. The highest BCUT2D eigenvalue weighted by molar-refractivity contribution is 5.78. The summed E-state index contributed by atoms with van der Waals surface area (Å²) in [6.45, 7) is 3.12. The lowest BCUT2D eigenvalue weighted by Crippen LogP contribution is -2.41. The molecule has 41 heavy (non-hydrogen) atoms. The van der Waals surface area contributed by atoms with Gasteiger partial charge in [-0.1, -0.05) is 72.8 Å². The Morgan fingerprint density at radius 3 is 2.00 bits per heavy atom. The molecule has 1 N–H and O–H groups in total. The molecule has 4 aromatic rings. The third kappa shape index (κ3) is 7.01. The van der Waals surface area contributed by atoms with Crippen molar-refractivity contribution >= 4 is 16.9 Å². The van der Waals surface area contributed by atoms with Crippen LogP contribution < -0.4 is 11.2 Å². The standard InChI is InChI=1S/C33H37N3O5/c37-30(38)19-24-35-29-16-8-7-15-28(29)32(39)36(33(35)40)21-10-9-20-34-22-17-27(18-23-34)41-31(25-11-3-1-4-12-25)26-13-5-2-6-14-26/h1-8,11-16,27,31H,9-10,17-24H2,(H,37,38). The maximum atomic E-state index is 13.1. The molecule has 8 nitrogen and oxygen atoms in total. The second kappa shape index (κ2) is 13.6. The molecule has 5 rings (SSSR count). The van der Waals surface area contributed by atoms with Crippen LogP contribution in [0.4, 0.5) is 0 Å². The Bertz CT molecular complexity index is 1520. The summed E-state index contributed by atoms with van der Waals surface area (Å²) >= 11 is 0. The molecular formula is C33H37N3O5. The summed E-state index contributed by atoms with van der Waals surface area (Å²) in [6, 6.07) is 27.6. The number of piperidine rings is 1. The molecule has 0 bridgehead atoms. The van der Waals surface area contributed by atoms with Crippen molar-refractivity contribution in [2.24, 2.45) is 0 Å². The van der Waals surface area contributed by atoms with Gasteiger partial charge in [-0.2, -0.15) is 0 Å². The van der Waals surface area contributed by atoms with Crippen molar-refractivity contribution in [2.75, 3.05) is 19.6 Å². The number of benzene rings is 3. The molecule has 0 aliphatic carbocycles. The fraction of sp³-hybridized carbons (Fsp3) is 0.364. The lowest BCUT2D eigenvalue weighted by atomic mass is 10.00. The molecule has 8 heteroatoms. The van der Waals surface area contributed by atoms with Crippen LogP contribution in [0.3, 0.4) is 0 Å². The maximum absolute atomic E-state index is 13.1. The number of unbranched alkanes of at least 4 members (excludes halogenated alkanes) is 1. The van der Waals surface area contributed by atoms with E-state index in [1.165, 1.54) is 9.13 Å². The van der Waals surface area contributed by atoms with Gasteiger partial charge in [-0.05, 0) is 55.5 Å². The first kappa shape index (κ1) is 28.5. The van der Waals surface area contributed by atoms with Gasteiger partial charge in [-0.15, -0.1) is 0 Å². The van der Waals surface area contributed by atoms with Gasteiger partial charge < -0.3 is 14.7 Å². The number of aromatic nitrogens is 2. The molecule has 214 valence electrons. The Morgan fingerprint density at radius 2 is 1.37 bits per heavy atom. The summed E-state index contributed by atoms with van der Waals surface area (Å²) in [5.74, 6) is -0.983. The van der Waals surface area contributed by atoms with E-state index in [4.69, 9.17) is 9.84 Å². The Balaban J connectivity index is 1.15. The molecule has 0 atom stereocenters. The van der Waals surface area contributed by atoms with Crippen LogP contribution in [0, 0.1) is 0 Å². The molecule has 0 saturated carbocycles. The van der Waals surface area contributed by atoms with Gasteiger partial charge in [0, 0.05) is 26.2 Å². The lowest BCUT2D eigenvalue weighted by molar-refractivity contribution is -0.137. The van der Waals surface area contributed by atoms with Gasteiger partial charge in [0.05, 0.1) is 23.4 Å². The summed E-state index contributed by atoms with van der Waals surface area (Å²) in [5, 5.41) is 9.56. The maximum Gasteiger partial charge on any atom is 0.331 e. The van der Waals surface area contributed by atoms with E-state index in [1.54, 1.807) is 24.3 Å². The van der Waals surface area contributed by atoms with E-state index in [1.807, 2.05) is 12.1 Å². The number of nitrogens with zero attached hydrogens (tertiary/aromatic N) is 3. The smallest absolute Gasteiger partial charge is 0.331 e. The van der Waals surface area contributed by atoms with Crippen LogP contribution in [0.5, 0.6) is 0 Å². The number of likely N-dealkylation sites (tertiary alicyclic amines) is 1. The van der Waals surface area contributed by atoms with Crippen molar-refractivity contribution in [1.29, 1.82) is 0 Å². The summed E-state index contributed by atoms with van der Waals surface area (Å²) in [6.07, 6.45) is 3.36. The largest absolute Gasteiger partial charge is 0.481 e. The minimum atomic E-state index is -0.983. The first-order valence-electron chi connectivity index (χ1n) is 14.4. The first-order chi connectivity index (χ1) is 20.0. The van der Waals surface area contributed by atoms with Crippen molar-refractivity contribution in [1.82, 2.24) is 14.0 Å². The second-order valence-electron chi connectivity index (χ2n) is 10.6. The predicted molar refractivity (Wildman–Crippen MR) is 159 cm³/mol. The van der Waals surface area contributed by atoms with Crippen LogP contribution in [0.1, 0.15) is 49.3 Å². The van der Waals surface area contributed by atoms with Gasteiger partial charge in [0.25, 0.3) is 5.56 Å². The van der Waals surface area contributed by atoms with E-state index in [9.17, 15) is 14.4 Å². The fourth-order valence-electron chi connectivity index (χ4n) is 5.66. The summed E-state index contributed by atoms with van der Waals surface area (Å²) < 4.78 is 9.34. The monoisotopic (exact) mass is 555 g/mol. The van der Waals surface area contributed by atoms with E-state index in [-0.39, 0.29) is 30.7 Å². The molecule has 0 radical (unpaired) electrons. The Hall–Kier alpha value is -4.01. The van der Waals surface area contributed by atoms with Crippen molar-refractivity contribution in [3.63, 3.8) is 0 Å². The molecule has 2 heterocycles. The normalized spacial score (nSPS) is 14.6. The quantitative estimate of drug-likeness (QED) is 0.255. The van der Waals surface area contributed by atoms with Crippen LogP contribution in [-0.2, 0) is 22.6 Å². The molecule has 0 unspecified atom stereocenters. The number of aryl methyl sites for hydroxylation is 1. The summed E-state index contributed by atoms with van der Waals surface area (Å²) in [5.41, 5.74) is 2.03. The van der Waals surface area contributed by atoms with Crippen LogP contribution in [-0.4, -0.2) is 50.8 Å². The Morgan fingerprint density at radius 1 is 0.780 bits per heavy atom. The molecular weight excluding hydrogens is 518 g/mol. The van der Waals surface area contributed by atoms with Crippen LogP contribution in [0.15, 0.2) is 94.5 Å². The highest BCUT2D eigenvalue weighted by Gasteiger charge is 2.24. The molecule has 0 amide bonds. The van der Waals surface area contributed by atoms with Gasteiger partial charge >= 0.3 is 11.7 Å². The number of para-hydroxylation sites is 1. The third-order valence-corrected chi connectivity index (χ3v) is 7.86. The van der Waals surface area contributed by atoms with E-state index in [0.29, 0.717) is 23.9 Å². The zero-order valence-corrected chi connectivity index (χ0v) is 23.2. The zero-order chi connectivity index (χ0) is 28.6. The molecule has 1 aliphatic heterocycles. The van der Waals surface area contributed by atoms with Crippen molar-refractivity contribution in [3.8, 4) is 0 Å². The Kier molecular flexibility index (Phi) is 9.44. The zero-order valence-electron chi connectivity index (χ0n) is 23.2. The SMILES string of the molecule is O=C(O)CCn1c(=O)n(CCCCN2CCC(OC(c3ccccc3)c3ccccc3)CC2)c(=O)c2ccccc21. The molecule has 1 saturated heterocycles. The molecule has 1 fully saturated rings. The first-order valence-corrected chi connectivity index (χ1v) is 14.4. The number of aliphatic carboxylic acids is 1. The summed E-state index contributed by atoms with van der Waals surface area (Å²) in [7, 11) is 0. The minimum Gasteiger partial charge on any atom is -0.481 e. The van der Waals surface area contributed by atoms with Crippen molar-refractivity contribution in [2.45, 2.75) is 57.4 Å². The van der Waals surface area contributed by atoms with Gasteiger partial charge in [0.2, 0.25) is 0 Å². The summed E-state index contributed by atoms with van der Waals surface area (Å²) in [4.78, 5) is 39.8. The van der Waals surface area contributed by atoms with Gasteiger partial charge in [-0.25, -0.2) is 4.79 Å². The van der Waals surface area contributed by atoms with Crippen LogP contribution >= 0.6 is 0 Å². The molecule has 1 aromatic heterocycles. The number of rotatable bonds is 12. The highest BCUT2D eigenvalue weighted by Crippen LogP contribution is 2.30. The van der Waals surface area contributed by atoms with E-state index in [0.717, 1.165) is 50.0 Å². The average molecular weight is 556 g/mol. The third-order valence-electron chi connectivity index (χ3n) is 7.86. The van der Waals surface area contributed by atoms with Crippen LogP contribution in [0.2, 0.25) is 0 Å². The molecule has 0 spiro atoms. The van der Waals surface area contributed by atoms with E-state index < -0.39 is 11.7 Å². The van der Waals surface area contributed by atoms with Crippen molar-refractivity contribution in [3.05, 3.63) is 117 Å². The van der Waals surface area contributed by atoms with Gasteiger partial charge in [-0.3, -0.25) is 18.7 Å². The van der Waals surface area contributed by atoms with Crippen molar-refractivity contribution < 1.29 is 14.6 Å². The molecule has 1 aliphatic rings. The fourth-order valence-corrected chi connectivity index (χ4v) is 5.66.